The Hall–Kier alpha value is -1.85. The molecule has 128 valence electrons. The molecule has 2 aromatic rings. The second-order valence-electron chi connectivity index (χ2n) is 5.91. The average Bonchev–Trinajstić information content (AvgIpc) is 2.56. The second-order valence-corrected chi connectivity index (χ2v) is 6.83. The molecule has 24 heavy (non-hydrogen) atoms. The van der Waals surface area contributed by atoms with E-state index < -0.39 is 5.54 Å². The molecule has 0 aliphatic rings. The van der Waals surface area contributed by atoms with Gasteiger partial charge in [0, 0.05) is 23.6 Å². The molecule has 2 N–H and O–H groups in total. The molecule has 1 atom stereocenters. The number of rotatable bonds is 6. The van der Waals surface area contributed by atoms with Crippen molar-refractivity contribution < 1.29 is 9.53 Å². The summed E-state index contributed by atoms with van der Waals surface area (Å²) in [5, 5.41) is 0. The van der Waals surface area contributed by atoms with Crippen LogP contribution in [-0.4, -0.2) is 24.5 Å². The molecule has 0 saturated carbocycles. The summed E-state index contributed by atoms with van der Waals surface area (Å²) in [5.74, 6) is 0.651. The Bertz CT molecular complexity index is 699. The summed E-state index contributed by atoms with van der Waals surface area (Å²) in [7, 11) is 1.76. The van der Waals surface area contributed by atoms with Gasteiger partial charge in [0.1, 0.15) is 11.3 Å². The molecule has 0 fully saturated rings. The van der Waals surface area contributed by atoms with Crippen LogP contribution in [-0.2, 0) is 16.9 Å². The van der Waals surface area contributed by atoms with E-state index in [9.17, 15) is 4.79 Å². The number of hydrogen-bond acceptors (Lipinski definition) is 3. The fourth-order valence-corrected chi connectivity index (χ4v) is 2.84. The van der Waals surface area contributed by atoms with Crippen LogP contribution in [0, 0.1) is 0 Å². The van der Waals surface area contributed by atoms with E-state index >= 15 is 0 Å². The zero-order chi connectivity index (χ0) is 17.7. The third kappa shape index (κ3) is 4.16. The van der Waals surface area contributed by atoms with Crippen molar-refractivity contribution >= 4 is 21.8 Å². The SMILES string of the molecule is CCOc1ccccc1CN(C)C(=O)C(C)(N)c1ccc(Br)cc1. The Morgan fingerprint density at radius 1 is 1.21 bits per heavy atom. The lowest BCUT2D eigenvalue weighted by atomic mass is 9.91. The Kier molecular flexibility index (Phi) is 6.02. The summed E-state index contributed by atoms with van der Waals surface area (Å²) < 4.78 is 6.58. The minimum atomic E-state index is -1.09. The molecule has 5 heteroatoms. The Labute approximate surface area is 151 Å². The zero-order valence-electron chi connectivity index (χ0n) is 14.3. The molecule has 0 aliphatic carbocycles. The molecule has 2 rings (SSSR count). The molecule has 4 nitrogen and oxygen atoms in total. The van der Waals surface area contributed by atoms with Crippen LogP contribution >= 0.6 is 15.9 Å². The molecular weight excluding hydrogens is 368 g/mol. The summed E-state index contributed by atoms with van der Waals surface area (Å²) >= 11 is 3.40. The standard InChI is InChI=1S/C19H23BrN2O2/c1-4-24-17-8-6-5-7-14(17)13-22(3)18(23)19(2,21)15-9-11-16(20)12-10-15/h5-12H,4,13,21H2,1-3H3. The molecule has 1 unspecified atom stereocenters. The zero-order valence-corrected chi connectivity index (χ0v) is 15.8. The predicted octanol–water partition coefficient (Wildman–Crippen LogP) is 3.68. The molecule has 0 aliphatic heterocycles. The third-order valence-electron chi connectivity index (χ3n) is 3.91. The Balaban J connectivity index is 2.18. The molecule has 0 saturated heterocycles. The van der Waals surface area contributed by atoms with Gasteiger partial charge < -0.3 is 15.4 Å². The first-order valence-electron chi connectivity index (χ1n) is 7.87. The number of carbonyl (C=O) groups is 1. The van der Waals surface area contributed by atoms with Crippen LogP contribution in [0.4, 0.5) is 0 Å². The van der Waals surface area contributed by atoms with E-state index in [-0.39, 0.29) is 5.91 Å². The fourth-order valence-electron chi connectivity index (χ4n) is 2.57. The van der Waals surface area contributed by atoms with Crippen molar-refractivity contribution in [3.05, 3.63) is 64.1 Å². The Morgan fingerprint density at radius 3 is 2.46 bits per heavy atom. The van der Waals surface area contributed by atoms with Gasteiger partial charge >= 0.3 is 0 Å². The van der Waals surface area contributed by atoms with Crippen LogP contribution in [0.15, 0.2) is 53.0 Å². The van der Waals surface area contributed by atoms with Crippen molar-refractivity contribution in [3.8, 4) is 5.75 Å². The van der Waals surface area contributed by atoms with E-state index in [1.54, 1.807) is 18.9 Å². The van der Waals surface area contributed by atoms with E-state index in [1.165, 1.54) is 0 Å². The quantitative estimate of drug-likeness (QED) is 0.818. The lowest BCUT2D eigenvalue weighted by Gasteiger charge is -2.30. The number of likely N-dealkylation sites (N-methyl/N-ethyl adjacent to an activating group) is 1. The summed E-state index contributed by atoms with van der Waals surface area (Å²) in [4.78, 5) is 14.5. The summed E-state index contributed by atoms with van der Waals surface area (Å²) in [5.41, 5.74) is 7.00. The first-order valence-corrected chi connectivity index (χ1v) is 8.66. The maximum absolute atomic E-state index is 12.9. The van der Waals surface area contributed by atoms with Gasteiger partial charge in [-0.1, -0.05) is 46.3 Å². The van der Waals surface area contributed by atoms with Crippen LogP contribution in [0.1, 0.15) is 25.0 Å². The number of ether oxygens (including phenoxy) is 1. The first-order chi connectivity index (χ1) is 11.4. The highest BCUT2D eigenvalue weighted by Gasteiger charge is 2.33. The summed E-state index contributed by atoms with van der Waals surface area (Å²) in [6.07, 6.45) is 0. The average molecular weight is 391 g/mol. The molecule has 0 aromatic heterocycles. The van der Waals surface area contributed by atoms with Crippen LogP contribution in [0.2, 0.25) is 0 Å². The molecule has 0 bridgehead atoms. The summed E-state index contributed by atoms with van der Waals surface area (Å²) in [6.45, 7) is 4.71. The lowest BCUT2D eigenvalue weighted by molar-refractivity contribution is -0.136. The van der Waals surface area contributed by atoms with Crippen molar-refractivity contribution in [2.24, 2.45) is 5.73 Å². The van der Waals surface area contributed by atoms with Gasteiger partial charge in [-0.05, 0) is 37.6 Å². The van der Waals surface area contributed by atoms with Crippen molar-refractivity contribution in [2.75, 3.05) is 13.7 Å². The van der Waals surface area contributed by atoms with E-state index in [0.29, 0.717) is 13.2 Å². The molecule has 1 amide bonds. The highest BCUT2D eigenvalue weighted by Crippen LogP contribution is 2.25. The number of benzene rings is 2. The highest BCUT2D eigenvalue weighted by molar-refractivity contribution is 9.10. The summed E-state index contributed by atoms with van der Waals surface area (Å²) in [6, 6.07) is 15.2. The number of nitrogens with two attached hydrogens (primary N) is 1. The minimum Gasteiger partial charge on any atom is -0.494 e. The van der Waals surface area contributed by atoms with Gasteiger partial charge in [-0.25, -0.2) is 0 Å². The van der Waals surface area contributed by atoms with Gasteiger partial charge in [-0.2, -0.15) is 0 Å². The number of carbonyl (C=O) groups excluding carboxylic acids is 1. The van der Waals surface area contributed by atoms with Crippen LogP contribution in [0.25, 0.3) is 0 Å². The van der Waals surface area contributed by atoms with Crippen molar-refractivity contribution in [2.45, 2.75) is 25.9 Å². The van der Waals surface area contributed by atoms with Crippen LogP contribution < -0.4 is 10.5 Å². The van der Waals surface area contributed by atoms with Crippen LogP contribution in [0.3, 0.4) is 0 Å². The van der Waals surface area contributed by atoms with E-state index in [4.69, 9.17) is 10.5 Å². The second kappa shape index (κ2) is 7.81. The first kappa shape index (κ1) is 18.5. The van der Waals surface area contributed by atoms with E-state index in [1.807, 2.05) is 55.5 Å². The maximum Gasteiger partial charge on any atom is 0.247 e. The number of hydrogen-bond donors (Lipinski definition) is 1. The molecule has 0 heterocycles. The van der Waals surface area contributed by atoms with Crippen molar-refractivity contribution in [1.82, 2.24) is 4.90 Å². The monoisotopic (exact) mass is 390 g/mol. The van der Waals surface area contributed by atoms with Gasteiger partial charge in [-0.15, -0.1) is 0 Å². The molecule has 0 radical (unpaired) electrons. The van der Waals surface area contributed by atoms with Gasteiger partial charge in [0.05, 0.1) is 6.61 Å². The maximum atomic E-state index is 12.9. The fraction of sp³-hybridized carbons (Fsp3) is 0.316. The van der Waals surface area contributed by atoms with E-state index in [0.717, 1.165) is 21.3 Å². The minimum absolute atomic E-state index is 0.142. The van der Waals surface area contributed by atoms with Gasteiger partial charge in [0.25, 0.3) is 0 Å². The third-order valence-corrected chi connectivity index (χ3v) is 4.44. The number of amides is 1. The van der Waals surface area contributed by atoms with Crippen LogP contribution in [0.5, 0.6) is 5.75 Å². The molecular formula is C19H23BrN2O2. The lowest BCUT2D eigenvalue weighted by Crippen LogP contribution is -2.49. The number of halogens is 1. The number of nitrogens with zero attached hydrogens (tertiary/aromatic N) is 1. The molecule has 2 aromatic carbocycles. The molecule has 0 spiro atoms. The van der Waals surface area contributed by atoms with Crippen molar-refractivity contribution in [3.63, 3.8) is 0 Å². The van der Waals surface area contributed by atoms with Gasteiger partial charge in [0.2, 0.25) is 5.91 Å². The van der Waals surface area contributed by atoms with E-state index in [2.05, 4.69) is 15.9 Å². The van der Waals surface area contributed by atoms with Gasteiger partial charge in [-0.3, -0.25) is 4.79 Å². The highest BCUT2D eigenvalue weighted by atomic mass is 79.9. The number of para-hydroxylation sites is 1. The van der Waals surface area contributed by atoms with Gasteiger partial charge in [0.15, 0.2) is 0 Å². The van der Waals surface area contributed by atoms with Crippen molar-refractivity contribution in [1.29, 1.82) is 0 Å². The largest absolute Gasteiger partial charge is 0.494 e. The Morgan fingerprint density at radius 2 is 1.83 bits per heavy atom. The topological polar surface area (TPSA) is 55.6 Å². The smallest absolute Gasteiger partial charge is 0.247 e. The predicted molar refractivity (Wildman–Crippen MR) is 99.8 cm³/mol. The normalized spacial score (nSPS) is 13.2.